The lowest BCUT2D eigenvalue weighted by Gasteiger charge is -2.11. The number of hydrogen-bond donors (Lipinski definition) is 0. The van der Waals surface area contributed by atoms with Crippen LogP contribution in [-0.4, -0.2) is 40.7 Å². The molecule has 0 radical (unpaired) electrons. The van der Waals surface area contributed by atoms with Gasteiger partial charge in [0.1, 0.15) is 17.6 Å². The van der Waals surface area contributed by atoms with E-state index in [9.17, 15) is 23.3 Å². The molecule has 9 nitrogen and oxygen atoms in total. The molecule has 10 heteroatoms. The van der Waals surface area contributed by atoms with E-state index in [1.54, 1.807) is 32.0 Å². The largest absolute Gasteiger partial charge is 0.497 e. The normalized spacial score (nSPS) is 11.3. The molecule has 35 heavy (non-hydrogen) atoms. The van der Waals surface area contributed by atoms with Gasteiger partial charge >= 0.3 is 22.1 Å². The maximum Gasteiger partial charge on any atom is 0.330 e. The van der Waals surface area contributed by atoms with Crippen LogP contribution in [0.4, 0.5) is 0 Å². The third-order valence-corrected chi connectivity index (χ3v) is 5.42. The van der Waals surface area contributed by atoms with Crippen molar-refractivity contribution in [3.8, 4) is 17.6 Å². The Morgan fingerprint density at radius 2 is 1.51 bits per heavy atom. The molecule has 0 amide bonds. The van der Waals surface area contributed by atoms with Gasteiger partial charge in [-0.15, -0.1) is 0 Å². The first kappa shape index (κ1) is 27.1. The van der Waals surface area contributed by atoms with Crippen molar-refractivity contribution >= 4 is 34.2 Å². The monoisotopic (exact) mass is 499 g/mol. The molecule has 184 valence electrons. The van der Waals surface area contributed by atoms with Gasteiger partial charge in [0.15, 0.2) is 5.75 Å². The van der Waals surface area contributed by atoms with E-state index in [1.807, 2.05) is 6.07 Å². The Kier molecular flexibility index (Phi) is 10.1. The van der Waals surface area contributed by atoms with E-state index in [1.165, 1.54) is 49.6 Å². The molecule has 2 aromatic carbocycles. The third-order valence-electron chi connectivity index (χ3n) is 4.30. The number of benzene rings is 2. The Balaban J connectivity index is 2.37. The zero-order valence-electron chi connectivity index (χ0n) is 19.5. The minimum Gasteiger partial charge on any atom is -0.497 e. The van der Waals surface area contributed by atoms with Crippen molar-refractivity contribution in [2.75, 3.05) is 20.3 Å². The van der Waals surface area contributed by atoms with E-state index >= 15 is 0 Å². The van der Waals surface area contributed by atoms with E-state index in [-0.39, 0.29) is 24.5 Å². The van der Waals surface area contributed by atoms with E-state index in [0.717, 1.165) is 0 Å². The zero-order valence-corrected chi connectivity index (χ0v) is 20.3. The molecule has 0 aromatic heterocycles. The van der Waals surface area contributed by atoms with Gasteiger partial charge in [-0.2, -0.15) is 13.7 Å². The van der Waals surface area contributed by atoms with Crippen LogP contribution < -0.4 is 8.92 Å². The van der Waals surface area contributed by atoms with Gasteiger partial charge in [0, 0.05) is 18.2 Å². The first-order chi connectivity index (χ1) is 16.7. The lowest BCUT2D eigenvalue weighted by molar-refractivity contribution is -0.138. The van der Waals surface area contributed by atoms with Crippen molar-refractivity contribution in [2.24, 2.45) is 0 Å². The number of hydrogen-bond acceptors (Lipinski definition) is 9. The summed E-state index contributed by atoms with van der Waals surface area (Å²) in [5.74, 6) is -1.40. The summed E-state index contributed by atoms with van der Waals surface area (Å²) in [6.07, 6.45) is 5.36. The van der Waals surface area contributed by atoms with Crippen LogP contribution in [0, 0.1) is 11.3 Å². The number of carbonyl (C=O) groups is 2. The highest BCUT2D eigenvalue weighted by Crippen LogP contribution is 2.26. The molecule has 0 unspecified atom stereocenters. The molecule has 2 aromatic rings. The second-order valence-corrected chi connectivity index (χ2v) is 8.51. The standard InChI is InChI=1S/C25H25NO8S/c1-4-32-24(27)10-6-18-12-19(7-11-25(28)33-5-2)14-20(13-18)17-35(29,30)34-23-9-8-22(31-3)15-21(23)16-26/h6-15H,4-5,17H2,1-3H3/b10-6+,11-7+. The molecule has 0 aliphatic carbocycles. The number of nitrogens with zero attached hydrogens (tertiary/aromatic N) is 1. The van der Waals surface area contributed by atoms with Crippen molar-refractivity contribution < 1.29 is 36.4 Å². The van der Waals surface area contributed by atoms with Gasteiger partial charge in [-0.3, -0.25) is 0 Å². The van der Waals surface area contributed by atoms with Crippen molar-refractivity contribution in [3.63, 3.8) is 0 Å². The zero-order chi connectivity index (χ0) is 25.8. The number of nitriles is 1. The van der Waals surface area contributed by atoms with Gasteiger partial charge in [0.2, 0.25) is 0 Å². The molecule has 0 spiro atoms. The smallest absolute Gasteiger partial charge is 0.330 e. The first-order valence-electron chi connectivity index (χ1n) is 10.5. The minimum absolute atomic E-state index is 0.00268. The van der Waals surface area contributed by atoms with Gasteiger partial charge in [-0.1, -0.05) is 12.1 Å². The minimum atomic E-state index is -4.18. The fraction of sp³-hybridized carbons (Fsp3) is 0.240. The third kappa shape index (κ3) is 8.98. The summed E-state index contributed by atoms with van der Waals surface area (Å²) in [5.41, 5.74) is 1.32. The van der Waals surface area contributed by atoms with Crippen LogP contribution in [0.25, 0.3) is 12.2 Å². The summed E-state index contributed by atoms with van der Waals surface area (Å²) in [4.78, 5) is 23.4. The number of ether oxygens (including phenoxy) is 3. The average molecular weight is 500 g/mol. The molecule has 0 aliphatic rings. The molecule has 0 N–H and O–H groups in total. The molecular weight excluding hydrogens is 474 g/mol. The Morgan fingerprint density at radius 1 is 0.943 bits per heavy atom. The summed E-state index contributed by atoms with van der Waals surface area (Å²) in [7, 11) is -2.75. The van der Waals surface area contributed by atoms with Crippen LogP contribution in [0.5, 0.6) is 11.5 Å². The molecule has 0 aliphatic heterocycles. The Hall–Kier alpha value is -4.10. The maximum atomic E-state index is 12.8. The summed E-state index contributed by atoms with van der Waals surface area (Å²) in [5, 5.41) is 9.31. The molecule has 0 heterocycles. The van der Waals surface area contributed by atoms with Crippen LogP contribution in [0.15, 0.2) is 48.6 Å². The van der Waals surface area contributed by atoms with E-state index in [2.05, 4.69) is 0 Å². The molecule has 2 rings (SSSR count). The maximum absolute atomic E-state index is 12.8. The predicted octanol–water partition coefficient (Wildman–Crippen LogP) is 3.63. The first-order valence-corrected chi connectivity index (χ1v) is 12.1. The van der Waals surface area contributed by atoms with Crippen LogP contribution in [0.1, 0.15) is 36.1 Å². The summed E-state index contributed by atoms with van der Waals surface area (Å²) in [6, 6.07) is 10.8. The van der Waals surface area contributed by atoms with Gasteiger partial charge in [0.05, 0.1) is 25.9 Å². The number of carbonyl (C=O) groups excluding carboxylic acids is 2. The van der Waals surface area contributed by atoms with Crippen molar-refractivity contribution in [3.05, 3.63) is 70.8 Å². The average Bonchev–Trinajstić information content (AvgIpc) is 2.81. The fourth-order valence-electron chi connectivity index (χ4n) is 2.90. The Labute approximate surface area is 204 Å². The summed E-state index contributed by atoms with van der Waals surface area (Å²) < 4.78 is 45.5. The van der Waals surface area contributed by atoms with Crippen molar-refractivity contribution in [2.45, 2.75) is 19.6 Å². The Bertz CT molecular complexity index is 1230. The van der Waals surface area contributed by atoms with Crippen molar-refractivity contribution in [1.82, 2.24) is 0 Å². The van der Waals surface area contributed by atoms with Gasteiger partial charge < -0.3 is 18.4 Å². The van der Waals surface area contributed by atoms with Crippen LogP contribution >= 0.6 is 0 Å². The fourth-order valence-corrected chi connectivity index (χ4v) is 3.95. The second kappa shape index (κ2) is 13.0. The summed E-state index contributed by atoms with van der Waals surface area (Å²) >= 11 is 0. The highest BCUT2D eigenvalue weighted by molar-refractivity contribution is 7.86. The van der Waals surface area contributed by atoms with E-state index < -0.39 is 27.8 Å². The highest BCUT2D eigenvalue weighted by Gasteiger charge is 2.18. The number of methoxy groups -OCH3 is 1. The highest BCUT2D eigenvalue weighted by atomic mass is 32.2. The SMILES string of the molecule is CCOC(=O)/C=C/c1cc(/C=C/C(=O)OCC)cc(CS(=O)(=O)Oc2ccc(OC)cc2C#N)c1. The molecule has 0 bridgehead atoms. The quantitative estimate of drug-likeness (QED) is 0.258. The van der Waals surface area contributed by atoms with Crippen LogP contribution in [-0.2, 0) is 34.9 Å². The van der Waals surface area contributed by atoms with Gasteiger partial charge in [-0.25, -0.2) is 9.59 Å². The van der Waals surface area contributed by atoms with Crippen LogP contribution in [0.2, 0.25) is 0 Å². The molecule has 0 saturated carbocycles. The van der Waals surface area contributed by atoms with Crippen molar-refractivity contribution in [1.29, 1.82) is 5.26 Å². The van der Waals surface area contributed by atoms with E-state index in [0.29, 0.717) is 22.4 Å². The molecule has 0 atom stereocenters. The van der Waals surface area contributed by atoms with Gasteiger partial charge in [0.25, 0.3) is 0 Å². The number of esters is 2. The molecule has 0 saturated heterocycles. The lowest BCUT2D eigenvalue weighted by Crippen LogP contribution is -2.13. The molecular formula is C25H25NO8S. The lowest BCUT2D eigenvalue weighted by atomic mass is 10.1. The summed E-state index contributed by atoms with van der Waals surface area (Å²) in [6.45, 7) is 3.77. The Morgan fingerprint density at radius 3 is 2.00 bits per heavy atom. The van der Waals surface area contributed by atoms with Crippen LogP contribution in [0.3, 0.4) is 0 Å². The van der Waals surface area contributed by atoms with Gasteiger partial charge in [-0.05, 0) is 60.9 Å². The molecule has 0 fully saturated rings. The predicted molar refractivity (Wildman–Crippen MR) is 129 cm³/mol. The number of rotatable bonds is 11. The van der Waals surface area contributed by atoms with E-state index in [4.69, 9.17) is 18.4 Å². The topological polar surface area (TPSA) is 129 Å². The second-order valence-electron chi connectivity index (χ2n) is 6.94.